The molecule has 0 radical (unpaired) electrons. The van der Waals surface area contributed by atoms with E-state index in [9.17, 15) is 4.79 Å². The fourth-order valence-corrected chi connectivity index (χ4v) is 1.65. The van der Waals surface area contributed by atoms with Crippen LogP contribution in [0.15, 0.2) is 6.07 Å². The molecule has 1 aliphatic carbocycles. The third-order valence-corrected chi connectivity index (χ3v) is 2.66. The summed E-state index contributed by atoms with van der Waals surface area (Å²) < 4.78 is 1.61. The largest absolute Gasteiger partial charge is 0.349 e. The van der Waals surface area contributed by atoms with Gasteiger partial charge in [0.05, 0.1) is 5.69 Å². The van der Waals surface area contributed by atoms with Crippen molar-refractivity contribution in [1.29, 1.82) is 0 Å². The molecule has 0 bridgehead atoms. The van der Waals surface area contributed by atoms with Crippen LogP contribution in [0.5, 0.6) is 0 Å². The lowest BCUT2D eigenvalue weighted by Crippen LogP contribution is -2.33. The lowest BCUT2D eigenvalue weighted by Gasteiger charge is -2.05. The Morgan fingerprint density at radius 2 is 2.31 bits per heavy atom. The first kappa shape index (κ1) is 11.1. The van der Waals surface area contributed by atoms with Gasteiger partial charge in [0.15, 0.2) is 0 Å². The Balaban J connectivity index is 1.75. The molecule has 0 saturated heterocycles. The molecule has 1 fully saturated rings. The maximum absolute atomic E-state index is 11.7. The van der Waals surface area contributed by atoms with Crippen molar-refractivity contribution >= 4 is 5.91 Å². The molecule has 1 aromatic rings. The second-order valence-electron chi connectivity index (χ2n) is 4.28. The molecule has 1 amide bonds. The van der Waals surface area contributed by atoms with E-state index in [1.54, 1.807) is 17.8 Å². The molecule has 1 aliphatic rings. The van der Waals surface area contributed by atoms with E-state index in [-0.39, 0.29) is 5.91 Å². The van der Waals surface area contributed by atoms with E-state index >= 15 is 0 Å². The predicted molar refractivity (Wildman–Crippen MR) is 61.3 cm³/mol. The van der Waals surface area contributed by atoms with Crippen molar-refractivity contribution in [2.75, 3.05) is 13.1 Å². The minimum absolute atomic E-state index is 0.0549. The minimum atomic E-state index is -0.0549. The van der Waals surface area contributed by atoms with E-state index in [4.69, 9.17) is 0 Å². The SMILES string of the molecule is Cc1cc(C(=O)NCCNC2CC2)n(C)n1. The molecular formula is C11H18N4O. The van der Waals surface area contributed by atoms with Crippen LogP contribution in [0.1, 0.15) is 29.0 Å². The molecule has 5 nitrogen and oxygen atoms in total. The third kappa shape index (κ3) is 2.82. The summed E-state index contributed by atoms with van der Waals surface area (Å²) in [6.45, 7) is 3.39. The summed E-state index contributed by atoms with van der Waals surface area (Å²) in [5, 5.41) is 10.4. The smallest absolute Gasteiger partial charge is 0.269 e. The van der Waals surface area contributed by atoms with Crippen LogP contribution in [-0.4, -0.2) is 34.8 Å². The molecule has 5 heteroatoms. The maximum atomic E-state index is 11.7. The summed E-state index contributed by atoms with van der Waals surface area (Å²) in [4.78, 5) is 11.7. The highest BCUT2D eigenvalue weighted by Crippen LogP contribution is 2.17. The number of amides is 1. The molecule has 2 rings (SSSR count). The van der Waals surface area contributed by atoms with Gasteiger partial charge in [0.1, 0.15) is 5.69 Å². The van der Waals surface area contributed by atoms with Crippen LogP contribution >= 0.6 is 0 Å². The number of carbonyl (C=O) groups is 1. The van der Waals surface area contributed by atoms with E-state index in [0.29, 0.717) is 18.3 Å². The first-order valence-electron chi connectivity index (χ1n) is 5.69. The average molecular weight is 222 g/mol. The molecule has 88 valence electrons. The molecule has 0 spiro atoms. The van der Waals surface area contributed by atoms with Crippen molar-refractivity contribution in [3.05, 3.63) is 17.5 Å². The molecule has 16 heavy (non-hydrogen) atoms. The van der Waals surface area contributed by atoms with Crippen molar-refractivity contribution in [3.8, 4) is 0 Å². The average Bonchev–Trinajstić information content (AvgIpc) is 2.98. The first-order valence-corrected chi connectivity index (χ1v) is 5.69. The number of aryl methyl sites for hydroxylation is 2. The van der Waals surface area contributed by atoms with Crippen LogP contribution in [0.3, 0.4) is 0 Å². The highest BCUT2D eigenvalue weighted by atomic mass is 16.2. The zero-order valence-electron chi connectivity index (χ0n) is 9.79. The lowest BCUT2D eigenvalue weighted by molar-refractivity contribution is 0.0944. The van der Waals surface area contributed by atoms with Gasteiger partial charge in [-0.2, -0.15) is 5.10 Å². The Labute approximate surface area is 95.2 Å². The maximum Gasteiger partial charge on any atom is 0.269 e. The van der Waals surface area contributed by atoms with E-state index < -0.39 is 0 Å². The van der Waals surface area contributed by atoms with Crippen LogP contribution in [0.25, 0.3) is 0 Å². The number of nitrogens with one attached hydrogen (secondary N) is 2. The van der Waals surface area contributed by atoms with Gasteiger partial charge in [-0.1, -0.05) is 0 Å². The molecule has 1 saturated carbocycles. The number of hydrogen-bond donors (Lipinski definition) is 2. The number of aromatic nitrogens is 2. The van der Waals surface area contributed by atoms with Gasteiger partial charge in [-0.05, 0) is 25.8 Å². The summed E-state index contributed by atoms with van der Waals surface area (Å²) >= 11 is 0. The zero-order chi connectivity index (χ0) is 11.5. The predicted octanol–water partition coefficient (Wildman–Crippen LogP) is 0.210. The normalized spacial score (nSPS) is 15.1. The van der Waals surface area contributed by atoms with E-state index in [1.807, 2.05) is 6.92 Å². The molecule has 0 aliphatic heterocycles. The number of carbonyl (C=O) groups excluding carboxylic acids is 1. The molecule has 0 aromatic carbocycles. The second kappa shape index (κ2) is 4.65. The topological polar surface area (TPSA) is 59.0 Å². The van der Waals surface area contributed by atoms with Crippen LogP contribution < -0.4 is 10.6 Å². The van der Waals surface area contributed by atoms with Gasteiger partial charge in [0.25, 0.3) is 5.91 Å². The Morgan fingerprint density at radius 1 is 1.56 bits per heavy atom. The Bertz CT molecular complexity index is 381. The van der Waals surface area contributed by atoms with Gasteiger partial charge < -0.3 is 10.6 Å². The molecular weight excluding hydrogens is 204 g/mol. The Hall–Kier alpha value is -1.36. The molecule has 1 heterocycles. The summed E-state index contributed by atoms with van der Waals surface area (Å²) in [6.07, 6.45) is 2.55. The second-order valence-corrected chi connectivity index (χ2v) is 4.28. The van der Waals surface area contributed by atoms with Gasteiger partial charge >= 0.3 is 0 Å². The minimum Gasteiger partial charge on any atom is -0.349 e. The van der Waals surface area contributed by atoms with Crippen LogP contribution in [0, 0.1) is 6.92 Å². The lowest BCUT2D eigenvalue weighted by atomic mass is 10.3. The van der Waals surface area contributed by atoms with Crippen molar-refractivity contribution < 1.29 is 4.79 Å². The fourth-order valence-electron chi connectivity index (χ4n) is 1.65. The number of rotatable bonds is 5. The van der Waals surface area contributed by atoms with Crippen LogP contribution in [0.2, 0.25) is 0 Å². The van der Waals surface area contributed by atoms with Crippen molar-refractivity contribution in [2.45, 2.75) is 25.8 Å². The highest BCUT2D eigenvalue weighted by molar-refractivity contribution is 5.92. The Morgan fingerprint density at radius 3 is 2.88 bits per heavy atom. The summed E-state index contributed by atoms with van der Waals surface area (Å²) in [6, 6.07) is 2.49. The van der Waals surface area contributed by atoms with Crippen molar-refractivity contribution in [3.63, 3.8) is 0 Å². The van der Waals surface area contributed by atoms with E-state index in [2.05, 4.69) is 15.7 Å². The van der Waals surface area contributed by atoms with Crippen LogP contribution in [0.4, 0.5) is 0 Å². The van der Waals surface area contributed by atoms with Gasteiger partial charge in [0, 0.05) is 26.2 Å². The summed E-state index contributed by atoms with van der Waals surface area (Å²) in [5.41, 5.74) is 1.48. The quantitative estimate of drug-likeness (QED) is 0.700. The summed E-state index contributed by atoms with van der Waals surface area (Å²) in [5.74, 6) is -0.0549. The van der Waals surface area contributed by atoms with Gasteiger partial charge in [-0.15, -0.1) is 0 Å². The molecule has 2 N–H and O–H groups in total. The fraction of sp³-hybridized carbons (Fsp3) is 0.636. The molecule has 0 atom stereocenters. The van der Waals surface area contributed by atoms with E-state index in [1.165, 1.54) is 12.8 Å². The standard InChI is InChI=1S/C11H18N4O/c1-8-7-10(15(2)14-8)11(16)13-6-5-12-9-3-4-9/h7,9,12H,3-6H2,1-2H3,(H,13,16). The van der Waals surface area contributed by atoms with Crippen molar-refractivity contribution in [1.82, 2.24) is 20.4 Å². The Kier molecular flexibility index (Phi) is 3.24. The van der Waals surface area contributed by atoms with E-state index in [0.717, 1.165) is 12.2 Å². The molecule has 1 aromatic heterocycles. The van der Waals surface area contributed by atoms with Crippen molar-refractivity contribution in [2.24, 2.45) is 7.05 Å². The number of hydrogen-bond acceptors (Lipinski definition) is 3. The summed E-state index contributed by atoms with van der Waals surface area (Å²) in [7, 11) is 1.78. The monoisotopic (exact) mass is 222 g/mol. The van der Waals surface area contributed by atoms with Gasteiger partial charge in [-0.25, -0.2) is 0 Å². The van der Waals surface area contributed by atoms with Crippen LogP contribution in [-0.2, 0) is 7.05 Å². The first-order chi connectivity index (χ1) is 7.66. The highest BCUT2D eigenvalue weighted by Gasteiger charge is 2.19. The zero-order valence-corrected chi connectivity index (χ0v) is 9.79. The van der Waals surface area contributed by atoms with Gasteiger partial charge in [-0.3, -0.25) is 9.48 Å². The number of nitrogens with zero attached hydrogens (tertiary/aromatic N) is 2. The third-order valence-electron chi connectivity index (χ3n) is 2.66. The molecule has 0 unspecified atom stereocenters. The van der Waals surface area contributed by atoms with Gasteiger partial charge in [0.2, 0.25) is 0 Å².